The largest absolute Gasteiger partial charge is 0.358 e. The molecule has 1 amide bonds. The van der Waals surface area contributed by atoms with E-state index in [1.807, 2.05) is 36.4 Å². The van der Waals surface area contributed by atoms with Gasteiger partial charge in [-0.3, -0.25) is 4.79 Å². The molecule has 0 spiro atoms. The molecular weight excluding hydrogens is 352 g/mol. The molecule has 1 fully saturated rings. The third kappa shape index (κ3) is 2.38. The van der Waals surface area contributed by atoms with E-state index in [2.05, 4.69) is 45.3 Å². The van der Waals surface area contributed by atoms with Gasteiger partial charge in [0.05, 0.1) is 5.41 Å². The van der Waals surface area contributed by atoms with Crippen molar-refractivity contribution >= 4 is 38.4 Å². The molecular formula is C19H17BrN2O. The van der Waals surface area contributed by atoms with Gasteiger partial charge in [-0.25, -0.2) is 0 Å². The number of nitrogens with one attached hydrogen (secondary N) is 2. The lowest BCUT2D eigenvalue weighted by molar-refractivity contribution is -0.118. The first-order chi connectivity index (χ1) is 11.1. The van der Waals surface area contributed by atoms with E-state index in [0.717, 1.165) is 45.2 Å². The van der Waals surface area contributed by atoms with Crippen LogP contribution in [0.15, 0.2) is 53.0 Å². The van der Waals surface area contributed by atoms with Crippen LogP contribution < -0.4 is 5.32 Å². The van der Waals surface area contributed by atoms with Crippen LogP contribution in [0.4, 0.5) is 5.69 Å². The second-order valence-corrected chi connectivity index (χ2v) is 7.13. The Labute approximate surface area is 143 Å². The number of hydrogen-bond acceptors (Lipinski definition) is 1. The number of H-pyrrole nitrogens is 1. The third-order valence-corrected chi connectivity index (χ3v) is 5.13. The summed E-state index contributed by atoms with van der Waals surface area (Å²) in [4.78, 5) is 16.4. The molecule has 4 rings (SSSR count). The highest BCUT2D eigenvalue weighted by molar-refractivity contribution is 9.10. The number of hydrogen-bond donors (Lipinski definition) is 2. The minimum atomic E-state index is -0.397. The standard InChI is InChI=1S/C19H17BrN2O/c1-12-17(15-7-2-3-8-16(15)21-12)19(9-10-19)18(23)22-14-6-4-5-13(20)11-14/h2-8,11,21H,9-10H2,1H3,(H,22,23). The molecule has 4 heteroatoms. The van der Waals surface area contributed by atoms with Gasteiger partial charge in [0.25, 0.3) is 0 Å². The Hall–Kier alpha value is -2.07. The van der Waals surface area contributed by atoms with Gasteiger partial charge in [0.2, 0.25) is 5.91 Å². The second-order valence-electron chi connectivity index (χ2n) is 6.22. The van der Waals surface area contributed by atoms with Crippen molar-refractivity contribution in [2.75, 3.05) is 5.32 Å². The lowest BCUT2D eigenvalue weighted by Crippen LogP contribution is -2.28. The number of carbonyl (C=O) groups excluding carboxylic acids is 1. The summed E-state index contributed by atoms with van der Waals surface area (Å²) in [5.74, 6) is 0.0865. The van der Waals surface area contributed by atoms with Gasteiger partial charge in [0.1, 0.15) is 0 Å². The Balaban J connectivity index is 1.72. The van der Waals surface area contributed by atoms with E-state index in [-0.39, 0.29) is 5.91 Å². The quantitative estimate of drug-likeness (QED) is 0.677. The zero-order valence-electron chi connectivity index (χ0n) is 12.8. The van der Waals surface area contributed by atoms with Gasteiger partial charge in [-0.15, -0.1) is 0 Å². The summed E-state index contributed by atoms with van der Waals surface area (Å²) >= 11 is 3.44. The highest BCUT2D eigenvalue weighted by Gasteiger charge is 2.53. The number of carbonyl (C=O) groups is 1. The number of anilines is 1. The van der Waals surface area contributed by atoms with Crippen LogP contribution >= 0.6 is 15.9 Å². The first-order valence-electron chi connectivity index (χ1n) is 7.75. The molecule has 2 aromatic carbocycles. The molecule has 1 heterocycles. The average molecular weight is 369 g/mol. The fourth-order valence-corrected chi connectivity index (χ4v) is 3.83. The molecule has 0 unspecified atom stereocenters. The number of fused-ring (bicyclic) bond motifs is 1. The van der Waals surface area contributed by atoms with Crippen molar-refractivity contribution in [2.24, 2.45) is 0 Å². The number of aromatic amines is 1. The Morgan fingerprint density at radius 3 is 2.70 bits per heavy atom. The van der Waals surface area contributed by atoms with Crippen molar-refractivity contribution in [3.8, 4) is 0 Å². The minimum Gasteiger partial charge on any atom is -0.358 e. The van der Waals surface area contributed by atoms with E-state index in [1.54, 1.807) is 0 Å². The number of rotatable bonds is 3. The highest BCUT2D eigenvalue weighted by Crippen LogP contribution is 2.52. The summed E-state index contributed by atoms with van der Waals surface area (Å²) in [7, 11) is 0. The highest BCUT2D eigenvalue weighted by atomic mass is 79.9. The topological polar surface area (TPSA) is 44.9 Å². The van der Waals surface area contributed by atoms with Crippen LogP contribution in [0, 0.1) is 6.92 Å². The normalized spacial score (nSPS) is 15.6. The zero-order valence-corrected chi connectivity index (χ0v) is 14.4. The molecule has 3 aromatic rings. The minimum absolute atomic E-state index is 0.0865. The van der Waals surface area contributed by atoms with Gasteiger partial charge in [-0.05, 0) is 49.6 Å². The SMILES string of the molecule is Cc1[nH]c2ccccc2c1C1(C(=O)Nc2cccc(Br)c2)CC1. The molecule has 1 aliphatic carbocycles. The van der Waals surface area contributed by atoms with Crippen molar-refractivity contribution in [1.29, 1.82) is 0 Å². The first-order valence-corrected chi connectivity index (χ1v) is 8.54. The van der Waals surface area contributed by atoms with Crippen LogP contribution in [-0.4, -0.2) is 10.9 Å². The lowest BCUT2D eigenvalue weighted by Gasteiger charge is -2.16. The van der Waals surface area contributed by atoms with E-state index < -0.39 is 5.41 Å². The predicted octanol–water partition coefficient (Wildman–Crippen LogP) is 4.91. The Kier molecular flexibility index (Phi) is 3.31. The maximum atomic E-state index is 13.0. The van der Waals surface area contributed by atoms with Crippen LogP contribution in [0.3, 0.4) is 0 Å². The van der Waals surface area contributed by atoms with Crippen molar-refractivity contribution in [3.05, 3.63) is 64.3 Å². The van der Waals surface area contributed by atoms with Crippen LogP contribution in [0.25, 0.3) is 10.9 Å². The molecule has 0 radical (unpaired) electrons. The number of para-hydroxylation sites is 1. The van der Waals surface area contributed by atoms with Gasteiger partial charge < -0.3 is 10.3 Å². The maximum Gasteiger partial charge on any atom is 0.235 e. The molecule has 0 aliphatic heterocycles. The summed E-state index contributed by atoms with van der Waals surface area (Å²) in [6.45, 7) is 2.06. The Morgan fingerprint density at radius 1 is 1.17 bits per heavy atom. The number of aryl methyl sites for hydroxylation is 1. The molecule has 1 saturated carbocycles. The Bertz CT molecular complexity index is 909. The van der Waals surface area contributed by atoms with Gasteiger partial charge in [-0.2, -0.15) is 0 Å². The summed E-state index contributed by atoms with van der Waals surface area (Å²) in [6, 6.07) is 15.9. The van der Waals surface area contributed by atoms with Gasteiger partial charge in [0, 0.05) is 26.8 Å². The molecule has 3 nitrogen and oxygen atoms in total. The van der Waals surface area contributed by atoms with Crippen molar-refractivity contribution < 1.29 is 4.79 Å². The number of benzene rings is 2. The van der Waals surface area contributed by atoms with Gasteiger partial charge in [0.15, 0.2) is 0 Å². The molecule has 0 bridgehead atoms. The van der Waals surface area contributed by atoms with Crippen LogP contribution in [0.5, 0.6) is 0 Å². The van der Waals surface area contributed by atoms with E-state index >= 15 is 0 Å². The average Bonchev–Trinajstić information content (AvgIpc) is 3.24. The number of aromatic nitrogens is 1. The molecule has 2 N–H and O–H groups in total. The molecule has 0 atom stereocenters. The fraction of sp³-hybridized carbons (Fsp3) is 0.211. The Morgan fingerprint density at radius 2 is 1.96 bits per heavy atom. The fourth-order valence-electron chi connectivity index (χ4n) is 3.43. The summed E-state index contributed by atoms with van der Waals surface area (Å²) < 4.78 is 0.962. The number of amides is 1. The van der Waals surface area contributed by atoms with E-state index in [1.165, 1.54) is 0 Å². The van der Waals surface area contributed by atoms with E-state index in [4.69, 9.17) is 0 Å². The van der Waals surface area contributed by atoms with Crippen molar-refractivity contribution in [3.63, 3.8) is 0 Å². The van der Waals surface area contributed by atoms with Gasteiger partial charge >= 0.3 is 0 Å². The van der Waals surface area contributed by atoms with Gasteiger partial charge in [-0.1, -0.05) is 40.2 Å². The van der Waals surface area contributed by atoms with E-state index in [0.29, 0.717) is 0 Å². The van der Waals surface area contributed by atoms with Crippen LogP contribution in [-0.2, 0) is 10.2 Å². The van der Waals surface area contributed by atoms with Crippen LogP contribution in [0.1, 0.15) is 24.1 Å². The summed E-state index contributed by atoms with van der Waals surface area (Å²) in [6.07, 6.45) is 1.80. The molecule has 116 valence electrons. The van der Waals surface area contributed by atoms with Crippen molar-refractivity contribution in [1.82, 2.24) is 4.98 Å². The predicted molar refractivity (Wildman–Crippen MR) is 96.7 cm³/mol. The molecule has 1 aromatic heterocycles. The maximum absolute atomic E-state index is 13.0. The molecule has 1 aliphatic rings. The second kappa shape index (κ2) is 5.24. The zero-order chi connectivity index (χ0) is 16.0. The monoisotopic (exact) mass is 368 g/mol. The summed E-state index contributed by atoms with van der Waals surface area (Å²) in [5, 5.41) is 4.24. The molecule has 23 heavy (non-hydrogen) atoms. The lowest BCUT2D eigenvalue weighted by atomic mass is 9.92. The number of halogens is 1. The summed E-state index contributed by atoms with van der Waals surface area (Å²) in [5.41, 5.74) is 3.77. The third-order valence-electron chi connectivity index (χ3n) is 4.64. The van der Waals surface area contributed by atoms with E-state index in [9.17, 15) is 4.79 Å². The molecule has 0 saturated heterocycles. The smallest absolute Gasteiger partial charge is 0.235 e. The van der Waals surface area contributed by atoms with Crippen molar-refractivity contribution in [2.45, 2.75) is 25.2 Å². The van der Waals surface area contributed by atoms with Crippen LogP contribution in [0.2, 0.25) is 0 Å². The first kappa shape index (κ1) is 14.5.